The molecule has 5 heteroatoms. The Morgan fingerprint density at radius 2 is 2.21 bits per heavy atom. The summed E-state index contributed by atoms with van der Waals surface area (Å²) in [6.07, 6.45) is 4.11. The zero-order valence-corrected chi connectivity index (χ0v) is 12.5. The molecule has 2 heterocycles. The first kappa shape index (κ1) is 12.7. The van der Waals surface area contributed by atoms with Gasteiger partial charge in [0.25, 0.3) is 0 Å². The monoisotopic (exact) mass is 276 g/mol. The van der Waals surface area contributed by atoms with E-state index >= 15 is 0 Å². The Bertz CT molecular complexity index is 588. The highest BCUT2D eigenvalue weighted by Crippen LogP contribution is 2.33. The Kier molecular flexibility index (Phi) is 3.31. The van der Waals surface area contributed by atoms with Crippen LogP contribution in [0.1, 0.15) is 24.1 Å². The number of hydrogen-bond acceptors (Lipinski definition) is 5. The summed E-state index contributed by atoms with van der Waals surface area (Å²) >= 11 is 1.73. The second-order valence-corrected chi connectivity index (χ2v) is 6.61. The van der Waals surface area contributed by atoms with Gasteiger partial charge < -0.3 is 10.2 Å². The molecule has 0 atom stereocenters. The van der Waals surface area contributed by atoms with Gasteiger partial charge in [-0.25, -0.2) is 4.98 Å². The summed E-state index contributed by atoms with van der Waals surface area (Å²) in [5.41, 5.74) is 0. The normalized spacial score (nSPS) is 15.5. The van der Waals surface area contributed by atoms with Gasteiger partial charge in [0.05, 0.1) is 5.39 Å². The minimum Gasteiger partial charge on any atom is -0.359 e. The third kappa shape index (κ3) is 2.39. The summed E-state index contributed by atoms with van der Waals surface area (Å²) in [5.74, 6) is 2.61. The zero-order valence-electron chi connectivity index (χ0n) is 11.7. The molecule has 0 aromatic carbocycles. The van der Waals surface area contributed by atoms with Crippen LogP contribution in [0, 0.1) is 12.8 Å². The lowest BCUT2D eigenvalue weighted by atomic mass is 9.85. The molecule has 0 amide bonds. The van der Waals surface area contributed by atoms with Crippen molar-refractivity contribution in [1.29, 1.82) is 0 Å². The predicted molar refractivity (Wildman–Crippen MR) is 82.3 cm³/mol. The highest BCUT2D eigenvalue weighted by molar-refractivity contribution is 7.18. The van der Waals surface area contributed by atoms with E-state index in [1.165, 1.54) is 29.5 Å². The van der Waals surface area contributed by atoms with Crippen molar-refractivity contribution in [3.63, 3.8) is 0 Å². The maximum Gasteiger partial charge on any atom is 0.225 e. The van der Waals surface area contributed by atoms with Crippen molar-refractivity contribution in [2.75, 3.05) is 30.9 Å². The van der Waals surface area contributed by atoms with Gasteiger partial charge in [-0.05, 0) is 31.7 Å². The number of hydrogen-bond donors (Lipinski definition) is 1. The summed E-state index contributed by atoms with van der Waals surface area (Å²) in [4.78, 5) is 13.9. The number of aromatic nitrogens is 2. The van der Waals surface area contributed by atoms with Gasteiger partial charge in [-0.1, -0.05) is 6.42 Å². The van der Waals surface area contributed by atoms with Crippen LogP contribution in [0.15, 0.2) is 6.07 Å². The van der Waals surface area contributed by atoms with E-state index in [0.29, 0.717) is 5.95 Å². The number of thiophene rings is 1. The maximum absolute atomic E-state index is 4.65. The largest absolute Gasteiger partial charge is 0.359 e. The SMILES string of the molecule is CNc1nc(N(C)CC2CCC2)c2cc(C)sc2n1. The van der Waals surface area contributed by atoms with Gasteiger partial charge >= 0.3 is 0 Å². The van der Waals surface area contributed by atoms with Crippen molar-refractivity contribution in [3.05, 3.63) is 10.9 Å². The van der Waals surface area contributed by atoms with Crippen LogP contribution in [0.25, 0.3) is 10.2 Å². The molecular weight excluding hydrogens is 256 g/mol. The van der Waals surface area contributed by atoms with E-state index in [1.807, 2.05) is 7.05 Å². The Balaban J connectivity index is 1.98. The molecule has 0 saturated heterocycles. The average molecular weight is 276 g/mol. The smallest absolute Gasteiger partial charge is 0.225 e. The third-order valence-electron chi connectivity index (χ3n) is 3.84. The van der Waals surface area contributed by atoms with Crippen LogP contribution < -0.4 is 10.2 Å². The van der Waals surface area contributed by atoms with Gasteiger partial charge in [0.1, 0.15) is 10.6 Å². The molecule has 1 saturated carbocycles. The predicted octanol–water partition coefficient (Wildman–Crippen LogP) is 3.28. The Hall–Kier alpha value is -1.36. The first-order chi connectivity index (χ1) is 9.17. The van der Waals surface area contributed by atoms with Crippen molar-refractivity contribution in [2.24, 2.45) is 5.92 Å². The average Bonchev–Trinajstić information content (AvgIpc) is 2.72. The number of aryl methyl sites for hydroxylation is 1. The van der Waals surface area contributed by atoms with Crippen LogP contribution in [0.4, 0.5) is 11.8 Å². The van der Waals surface area contributed by atoms with Crippen molar-refractivity contribution in [1.82, 2.24) is 9.97 Å². The first-order valence-electron chi connectivity index (χ1n) is 6.84. The summed E-state index contributed by atoms with van der Waals surface area (Å²) in [7, 11) is 4.02. The second-order valence-electron chi connectivity index (χ2n) is 5.37. The van der Waals surface area contributed by atoms with Crippen LogP contribution >= 0.6 is 11.3 Å². The summed E-state index contributed by atoms with van der Waals surface area (Å²) in [5, 5.41) is 4.25. The van der Waals surface area contributed by atoms with E-state index in [0.717, 1.165) is 23.1 Å². The molecule has 2 aromatic rings. The molecule has 3 rings (SSSR count). The highest BCUT2D eigenvalue weighted by Gasteiger charge is 2.21. The van der Waals surface area contributed by atoms with Gasteiger partial charge in [0.15, 0.2) is 0 Å². The minimum atomic E-state index is 0.713. The molecule has 0 radical (unpaired) electrons. The quantitative estimate of drug-likeness (QED) is 0.930. The number of rotatable bonds is 4. The van der Waals surface area contributed by atoms with Crippen LogP contribution in [0.5, 0.6) is 0 Å². The number of anilines is 2. The van der Waals surface area contributed by atoms with Crippen molar-refractivity contribution in [2.45, 2.75) is 26.2 Å². The minimum absolute atomic E-state index is 0.713. The molecule has 1 fully saturated rings. The van der Waals surface area contributed by atoms with Crippen molar-refractivity contribution < 1.29 is 0 Å². The Morgan fingerprint density at radius 3 is 2.84 bits per heavy atom. The van der Waals surface area contributed by atoms with Gasteiger partial charge in [-0.15, -0.1) is 11.3 Å². The Morgan fingerprint density at radius 1 is 1.42 bits per heavy atom. The molecule has 0 aliphatic heterocycles. The van der Waals surface area contributed by atoms with Gasteiger partial charge in [-0.2, -0.15) is 4.98 Å². The fourth-order valence-electron chi connectivity index (χ4n) is 2.58. The molecule has 1 aliphatic rings. The molecule has 4 nitrogen and oxygen atoms in total. The zero-order chi connectivity index (χ0) is 13.4. The molecule has 0 unspecified atom stereocenters. The highest BCUT2D eigenvalue weighted by atomic mass is 32.1. The molecular formula is C14H20N4S. The maximum atomic E-state index is 4.65. The van der Waals surface area contributed by atoms with Crippen LogP contribution in [0.2, 0.25) is 0 Å². The van der Waals surface area contributed by atoms with Gasteiger partial charge in [0, 0.05) is 25.5 Å². The number of nitrogens with one attached hydrogen (secondary N) is 1. The fraction of sp³-hybridized carbons (Fsp3) is 0.571. The lowest BCUT2D eigenvalue weighted by Crippen LogP contribution is -2.30. The molecule has 0 spiro atoms. The van der Waals surface area contributed by atoms with Crippen LogP contribution in [0.3, 0.4) is 0 Å². The van der Waals surface area contributed by atoms with Crippen LogP contribution in [-0.2, 0) is 0 Å². The third-order valence-corrected chi connectivity index (χ3v) is 4.78. The molecule has 1 aliphatic carbocycles. The van der Waals surface area contributed by atoms with E-state index < -0.39 is 0 Å². The van der Waals surface area contributed by atoms with E-state index in [-0.39, 0.29) is 0 Å². The lowest BCUT2D eigenvalue weighted by Gasteiger charge is -2.31. The fourth-order valence-corrected chi connectivity index (χ4v) is 3.45. The Labute approximate surface area is 117 Å². The van der Waals surface area contributed by atoms with E-state index in [1.54, 1.807) is 11.3 Å². The van der Waals surface area contributed by atoms with Gasteiger partial charge in [-0.3, -0.25) is 0 Å². The van der Waals surface area contributed by atoms with Crippen LogP contribution in [-0.4, -0.2) is 30.6 Å². The topological polar surface area (TPSA) is 41.1 Å². The molecule has 0 bridgehead atoms. The summed E-state index contributed by atoms with van der Waals surface area (Å²) < 4.78 is 0. The molecule has 2 aromatic heterocycles. The first-order valence-corrected chi connectivity index (χ1v) is 7.66. The van der Waals surface area contributed by atoms with Gasteiger partial charge in [0.2, 0.25) is 5.95 Å². The van der Waals surface area contributed by atoms with E-state index in [4.69, 9.17) is 0 Å². The lowest BCUT2D eigenvalue weighted by molar-refractivity contribution is 0.321. The second kappa shape index (κ2) is 4.96. The van der Waals surface area contributed by atoms with E-state index in [9.17, 15) is 0 Å². The molecule has 1 N–H and O–H groups in total. The molecule has 102 valence electrons. The van der Waals surface area contributed by atoms with Crippen molar-refractivity contribution >= 4 is 33.3 Å². The standard InChI is InChI=1S/C14H20N4S/c1-9-7-11-12(18(3)8-10-5-4-6-10)16-14(15-2)17-13(11)19-9/h7,10H,4-6,8H2,1-3H3,(H,15,16,17). The summed E-state index contributed by atoms with van der Waals surface area (Å²) in [6, 6.07) is 2.20. The van der Waals surface area contributed by atoms with E-state index in [2.05, 4.69) is 40.2 Å². The number of nitrogens with zero attached hydrogens (tertiary/aromatic N) is 3. The summed E-state index contributed by atoms with van der Waals surface area (Å²) in [6.45, 7) is 3.23. The number of fused-ring (bicyclic) bond motifs is 1. The molecule has 19 heavy (non-hydrogen) atoms. The van der Waals surface area contributed by atoms with Crippen molar-refractivity contribution in [3.8, 4) is 0 Å².